The van der Waals surface area contributed by atoms with Crippen LogP contribution in [-0.4, -0.2) is 11.7 Å². The van der Waals surface area contributed by atoms with E-state index in [0.29, 0.717) is 5.75 Å². The Balaban J connectivity index is 1.69. The second kappa shape index (κ2) is 6.45. The molecule has 1 aromatic carbocycles. The molecule has 0 spiro atoms. The van der Waals surface area contributed by atoms with Gasteiger partial charge in [-0.1, -0.05) is 29.8 Å². The highest BCUT2D eigenvalue weighted by Crippen LogP contribution is 2.19. The van der Waals surface area contributed by atoms with Gasteiger partial charge in [-0.05, 0) is 44.7 Å². The Morgan fingerprint density at radius 1 is 1.18 bits per heavy atom. The molecule has 1 aliphatic rings. The average molecular weight is 231 g/mol. The quantitative estimate of drug-likeness (QED) is 0.601. The molecule has 0 radical (unpaired) electrons. The van der Waals surface area contributed by atoms with E-state index >= 15 is 0 Å². The molecular weight excluding hydrogens is 210 g/mol. The summed E-state index contributed by atoms with van der Waals surface area (Å²) >= 11 is 0. The minimum absolute atomic E-state index is 0.386. The number of hydrogen-bond acceptors (Lipinski definition) is 2. The molecule has 0 saturated heterocycles. The van der Waals surface area contributed by atoms with E-state index in [2.05, 4.69) is 11.4 Å². The van der Waals surface area contributed by atoms with Crippen LogP contribution in [0.15, 0.2) is 35.9 Å². The van der Waals surface area contributed by atoms with Crippen LogP contribution in [0, 0.1) is 0 Å². The Kier molecular flexibility index (Phi) is 4.63. The first kappa shape index (κ1) is 12.2. The van der Waals surface area contributed by atoms with Crippen molar-refractivity contribution in [2.45, 2.75) is 38.6 Å². The summed E-state index contributed by atoms with van der Waals surface area (Å²) in [5.74, 6) is 0.386. The number of rotatable bonds is 5. The van der Waals surface area contributed by atoms with Gasteiger partial charge in [0, 0.05) is 12.1 Å². The molecule has 1 aliphatic carbocycles. The Hall–Kier alpha value is -1.28. The van der Waals surface area contributed by atoms with E-state index in [1.54, 1.807) is 11.6 Å². The van der Waals surface area contributed by atoms with Crippen molar-refractivity contribution in [1.82, 2.24) is 5.32 Å². The van der Waals surface area contributed by atoms with Crippen LogP contribution in [0.4, 0.5) is 0 Å². The van der Waals surface area contributed by atoms with Crippen LogP contribution < -0.4 is 5.32 Å². The van der Waals surface area contributed by atoms with Gasteiger partial charge >= 0.3 is 0 Å². The molecule has 92 valence electrons. The van der Waals surface area contributed by atoms with Gasteiger partial charge in [0.25, 0.3) is 0 Å². The van der Waals surface area contributed by atoms with Crippen molar-refractivity contribution in [1.29, 1.82) is 0 Å². The second-order valence-electron chi connectivity index (χ2n) is 4.66. The molecule has 1 aromatic rings. The zero-order chi connectivity index (χ0) is 11.9. The van der Waals surface area contributed by atoms with Gasteiger partial charge in [-0.2, -0.15) is 0 Å². The molecule has 0 saturated carbocycles. The summed E-state index contributed by atoms with van der Waals surface area (Å²) in [7, 11) is 0. The van der Waals surface area contributed by atoms with Crippen molar-refractivity contribution in [2.24, 2.45) is 0 Å². The normalized spacial score (nSPS) is 15.6. The maximum atomic E-state index is 9.61. The predicted octanol–water partition coefficient (Wildman–Crippen LogP) is 3.37. The zero-order valence-electron chi connectivity index (χ0n) is 10.3. The molecule has 0 bridgehead atoms. The molecule has 0 aromatic heterocycles. The van der Waals surface area contributed by atoms with Crippen molar-refractivity contribution in [2.75, 3.05) is 6.54 Å². The highest BCUT2D eigenvalue weighted by molar-refractivity contribution is 5.31. The fourth-order valence-corrected chi connectivity index (χ4v) is 2.26. The number of para-hydroxylation sites is 1. The Morgan fingerprint density at radius 2 is 2.06 bits per heavy atom. The van der Waals surface area contributed by atoms with Crippen LogP contribution in [0.1, 0.15) is 37.7 Å². The Labute approximate surface area is 103 Å². The highest BCUT2D eigenvalue weighted by Gasteiger charge is 2.03. The lowest BCUT2D eigenvalue weighted by atomic mass is 9.97. The molecule has 0 heterocycles. The van der Waals surface area contributed by atoms with Gasteiger partial charge in [-0.25, -0.2) is 0 Å². The van der Waals surface area contributed by atoms with Crippen LogP contribution in [0.2, 0.25) is 0 Å². The first-order valence-electron chi connectivity index (χ1n) is 6.52. The third kappa shape index (κ3) is 3.90. The van der Waals surface area contributed by atoms with E-state index < -0.39 is 0 Å². The molecule has 2 nitrogen and oxygen atoms in total. The number of aromatic hydroxyl groups is 1. The topological polar surface area (TPSA) is 32.3 Å². The molecule has 0 amide bonds. The van der Waals surface area contributed by atoms with Gasteiger partial charge in [-0.3, -0.25) is 0 Å². The average Bonchev–Trinajstić information content (AvgIpc) is 2.38. The molecular formula is C15H21NO. The number of allylic oxidation sites excluding steroid dienone is 1. The summed E-state index contributed by atoms with van der Waals surface area (Å²) in [5, 5.41) is 13.0. The lowest BCUT2D eigenvalue weighted by molar-refractivity contribution is 0.464. The summed E-state index contributed by atoms with van der Waals surface area (Å²) in [6.07, 6.45) is 8.78. The summed E-state index contributed by atoms with van der Waals surface area (Å²) in [6, 6.07) is 7.51. The third-order valence-corrected chi connectivity index (χ3v) is 3.31. The minimum Gasteiger partial charge on any atom is -0.508 e. The van der Waals surface area contributed by atoms with Crippen LogP contribution >= 0.6 is 0 Å². The maximum absolute atomic E-state index is 9.61. The Bertz CT molecular complexity index is 384. The van der Waals surface area contributed by atoms with Crippen molar-refractivity contribution in [3.05, 3.63) is 41.5 Å². The monoisotopic (exact) mass is 231 g/mol. The zero-order valence-corrected chi connectivity index (χ0v) is 10.3. The lowest BCUT2D eigenvalue weighted by Crippen LogP contribution is -2.15. The number of phenols is 1. The Morgan fingerprint density at radius 3 is 2.82 bits per heavy atom. The van der Waals surface area contributed by atoms with Gasteiger partial charge in [0.05, 0.1) is 0 Å². The number of nitrogens with one attached hydrogen (secondary N) is 1. The third-order valence-electron chi connectivity index (χ3n) is 3.31. The lowest BCUT2D eigenvalue weighted by Gasteiger charge is -2.13. The van der Waals surface area contributed by atoms with Gasteiger partial charge in [-0.15, -0.1) is 0 Å². The van der Waals surface area contributed by atoms with Crippen LogP contribution in [0.3, 0.4) is 0 Å². The number of hydrogen-bond donors (Lipinski definition) is 2. The minimum atomic E-state index is 0.386. The predicted molar refractivity (Wildman–Crippen MR) is 71.0 cm³/mol. The molecule has 0 unspecified atom stereocenters. The second-order valence-corrected chi connectivity index (χ2v) is 4.66. The summed E-state index contributed by atoms with van der Waals surface area (Å²) < 4.78 is 0. The van der Waals surface area contributed by atoms with E-state index in [0.717, 1.165) is 25.1 Å². The fraction of sp³-hybridized carbons (Fsp3) is 0.467. The van der Waals surface area contributed by atoms with Crippen molar-refractivity contribution >= 4 is 0 Å². The molecule has 17 heavy (non-hydrogen) atoms. The van der Waals surface area contributed by atoms with Crippen LogP contribution in [-0.2, 0) is 6.54 Å². The standard InChI is InChI=1S/C15H21NO/c17-15-9-5-4-8-14(15)12-16-11-10-13-6-2-1-3-7-13/h4-6,8-9,16-17H,1-3,7,10-12H2. The highest BCUT2D eigenvalue weighted by atomic mass is 16.3. The fourth-order valence-electron chi connectivity index (χ4n) is 2.26. The van der Waals surface area contributed by atoms with Gasteiger partial charge in [0.2, 0.25) is 0 Å². The molecule has 0 aliphatic heterocycles. The van der Waals surface area contributed by atoms with Crippen molar-refractivity contribution in [3.63, 3.8) is 0 Å². The van der Waals surface area contributed by atoms with Gasteiger partial charge in [0.1, 0.15) is 5.75 Å². The van der Waals surface area contributed by atoms with Gasteiger partial charge < -0.3 is 10.4 Å². The summed E-state index contributed by atoms with van der Waals surface area (Å²) in [5.41, 5.74) is 2.58. The SMILES string of the molecule is Oc1ccccc1CNCCC1=CCCCC1. The first-order valence-corrected chi connectivity index (χ1v) is 6.52. The van der Waals surface area contributed by atoms with Crippen molar-refractivity contribution in [3.8, 4) is 5.75 Å². The van der Waals surface area contributed by atoms with Crippen molar-refractivity contribution < 1.29 is 5.11 Å². The first-order chi connectivity index (χ1) is 8.36. The molecule has 2 rings (SSSR count). The summed E-state index contributed by atoms with van der Waals surface area (Å²) in [6.45, 7) is 1.75. The van der Waals surface area contributed by atoms with E-state index in [4.69, 9.17) is 0 Å². The molecule has 0 fully saturated rings. The summed E-state index contributed by atoms with van der Waals surface area (Å²) in [4.78, 5) is 0. The number of benzene rings is 1. The smallest absolute Gasteiger partial charge is 0.120 e. The van der Waals surface area contributed by atoms with Crippen LogP contribution in [0.5, 0.6) is 5.75 Å². The molecule has 2 N–H and O–H groups in total. The van der Waals surface area contributed by atoms with Gasteiger partial charge in [0.15, 0.2) is 0 Å². The van der Waals surface area contributed by atoms with E-state index in [1.807, 2.05) is 18.2 Å². The maximum Gasteiger partial charge on any atom is 0.120 e. The van der Waals surface area contributed by atoms with E-state index in [1.165, 1.54) is 25.7 Å². The largest absolute Gasteiger partial charge is 0.508 e. The molecule has 2 heteroatoms. The molecule has 0 atom stereocenters. The number of phenolic OH excluding ortho intramolecular Hbond substituents is 1. The van der Waals surface area contributed by atoms with E-state index in [9.17, 15) is 5.11 Å². The van der Waals surface area contributed by atoms with E-state index in [-0.39, 0.29) is 0 Å². The van der Waals surface area contributed by atoms with Crippen LogP contribution in [0.25, 0.3) is 0 Å².